The largest absolute Gasteiger partial charge is 0.417 e. The lowest BCUT2D eigenvalue weighted by molar-refractivity contribution is -0.138. The van der Waals surface area contributed by atoms with E-state index in [2.05, 4.69) is 0 Å². The highest BCUT2D eigenvalue weighted by molar-refractivity contribution is 14.1. The van der Waals surface area contributed by atoms with Gasteiger partial charge in [0.2, 0.25) is 0 Å². The van der Waals surface area contributed by atoms with Crippen LogP contribution in [0, 0.1) is 14.9 Å². The van der Waals surface area contributed by atoms with Crippen molar-refractivity contribution in [1.82, 2.24) is 0 Å². The molecule has 13 heavy (non-hydrogen) atoms. The predicted molar refractivity (Wildman–Crippen MR) is 48.9 cm³/mol. The third-order valence-electron chi connectivity index (χ3n) is 1.40. The maximum absolute atomic E-state index is 12.3. The van der Waals surface area contributed by atoms with Crippen LogP contribution in [-0.2, 0) is 6.18 Å². The molecule has 0 fully saturated rings. The summed E-state index contributed by atoms with van der Waals surface area (Å²) in [6.45, 7) is 0. The summed E-state index contributed by atoms with van der Waals surface area (Å²) in [5.74, 6) is 0. The zero-order valence-corrected chi connectivity index (χ0v) is 8.35. The highest BCUT2D eigenvalue weighted by atomic mass is 127. The summed E-state index contributed by atoms with van der Waals surface area (Å²) in [7, 11) is 0. The van der Waals surface area contributed by atoms with Gasteiger partial charge in [0.1, 0.15) is 0 Å². The Balaban J connectivity index is 3.29. The van der Waals surface area contributed by atoms with E-state index in [1.54, 1.807) is 28.7 Å². The van der Waals surface area contributed by atoms with Crippen molar-refractivity contribution in [3.8, 4) is 6.07 Å². The van der Waals surface area contributed by atoms with Gasteiger partial charge in [-0.15, -0.1) is 0 Å². The molecule has 0 aliphatic heterocycles. The molecule has 0 aliphatic rings. The smallest absolute Gasteiger partial charge is 0.192 e. The summed E-state index contributed by atoms with van der Waals surface area (Å²) in [5, 5.41) is 8.40. The lowest BCUT2D eigenvalue weighted by Gasteiger charge is -2.08. The molecule has 0 atom stereocenters. The van der Waals surface area contributed by atoms with E-state index in [1.807, 2.05) is 0 Å². The number of rotatable bonds is 0. The number of alkyl halides is 3. The van der Waals surface area contributed by atoms with Crippen LogP contribution in [0.2, 0.25) is 0 Å². The molecular formula is C8H3F3IN. The fourth-order valence-corrected chi connectivity index (χ4v) is 1.45. The summed E-state index contributed by atoms with van der Waals surface area (Å²) in [6.07, 6.45) is -4.39. The first-order valence-corrected chi connectivity index (χ1v) is 4.30. The van der Waals surface area contributed by atoms with E-state index in [0.29, 0.717) is 0 Å². The van der Waals surface area contributed by atoms with Gasteiger partial charge in [-0.25, -0.2) is 0 Å². The summed E-state index contributed by atoms with van der Waals surface area (Å²) in [4.78, 5) is 0. The van der Waals surface area contributed by atoms with Gasteiger partial charge in [0, 0.05) is 3.57 Å². The van der Waals surface area contributed by atoms with Crippen molar-refractivity contribution in [3.05, 3.63) is 32.9 Å². The molecule has 0 N–H and O–H groups in total. The van der Waals surface area contributed by atoms with Gasteiger partial charge < -0.3 is 0 Å². The fraction of sp³-hybridized carbons (Fsp3) is 0.125. The molecule has 0 saturated carbocycles. The van der Waals surface area contributed by atoms with Crippen LogP contribution in [0.15, 0.2) is 18.2 Å². The first-order valence-electron chi connectivity index (χ1n) is 3.22. The van der Waals surface area contributed by atoms with E-state index in [-0.39, 0.29) is 9.13 Å². The summed E-state index contributed by atoms with van der Waals surface area (Å²) in [6, 6.07) is 5.15. The molecule has 5 heteroatoms. The van der Waals surface area contributed by atoms with Crippen LogP contribution in [-0.4, -0.2) is 0 Å². The Labute approximate surface area is 86.3 Å². The van der Waals surface area contributed by atoms with Crippen LogP contribution in [0.1, 0.15) is 11.1 Å². The van der Waals surface area contributed by atoms with E-state index < -0.39 is 11.7 Å². The van der Waals surface area contributed by atoms with Gasteiger partial charge in [0.05, 0.1) is 17.2 Å². The van der Waals surface area contributed by atoms with Crippen LogP contribution in [0.5, 0.6) is 0 Å². The third kappa shape index (κ3) is 2.34. The van der Waals surface area contributed by atoms with Crippen molar-refractivity contribution in [1.29, 1.82) is 5.26 Å². The van der Waals surface area contributed by atoms with Crippen molar-refractivity contribution in [3.63, 3.8) is 0 Å². The molecule has 0 saturated heterocycles. The van der Waals surface area contributed by atoms with Crippen LogP contribution < -0.4 is 0 Å². The average molecular weight is 297 g/mol. The van der Waals surface area contributed by atoms with Crippen molar-refractivity contribution in [2.45, 2.75) is 6.18 Å². The zero-order chi connectivity index (χ0) is 10.1. The summed E-state index contributed by atoms with van der Waals surface area (Å²) < 4.78 is 36.9. The minimum atomic E-state index is -4.39. The van der Waals surface area contributed by atoms with E-state index in [1.165, 1.54) is 12.1 Å². The molecule has 0 aliphatic carbocycles. The van der Waals surface area contributed by atoms with Gasteiger partial charge in [-0.05, 0) is 40.8 Å². The SMILES string of the molecule is N#Cc1ccc(I)c(C(F)(F)F)c1. The van der Waals surface area contributed by atoms with Crippen molar-refractivity contribution in [2.24, 2.45) is 0 Å². The minimum absolute atomic E-state index is 0.0211. The Morgan fingerprint density at radius 2 is 1.92 bits per heavy atom. The highest BCUT2D eigenvalue weighted by Crippen LogP contribution is 2.33. The topological polar surface area (TPSA) is 23.8 Å². The molecular weight excluding hydrogens is 294 g/mol. The quantitative estimate of drug-likeness (QED) is 0.675. The molecule has 0 amide bonds. The molecule has 0 aromatic heterocycles. The Bertz CT molecular complexity index is 365. The van der Waals surface area contributed by atoms with Crippen molar-refractivity contribution >= 4 is 22.6 Å². The maximum Gasteiger partial charge on any atom is 0.417 e. The van der Waals surface area contributed by atoms with Gasteiger partial charge in [-0.2, -0.15) is 18.4 Å². The average Bonchev–Trinajstić information content (AvgIpc) is 2.03. The van der Waals surface area contributed by atoms with E-state index >= 15 is 0 Å². The molecule has 1 nitrogen and oxygen atoms in total. The standard InChI is InChI=1S/C8H3F3IN/c9-8(10,11)6-3-5(4-13)1-2-7(6)12/h1-3H. The summed E-state index contributed by atoms with van der Waals surface area (Å²) in [5.41, 5.74) is -0.736. The molecule has 0 spiro atoms. The van der Waals surface area contributed by atoms with Crippen LogP contribution in [0.25, 0.3) is 0 Å². The molecule has 0 radical (unpaired) electrons. The zero-order valence-electron chi connectivity index (χ0n) is 6.19. The monoisotopic (exact) mass is 297 g/mol. The van der Waals surface area contributed by atoms with Crippen LogP contribution >= 0.6 is 22.6 Å². The van der Waals surface area contributed by atoms with Gasteiger partial charge in [-0.3, -0.25) is 0 Å². The van der Waals surface area contributed by atoms with Gasteiger partial charge in [0.15, 0.2) is 0 Å². The Morgan fingerprint density at radius 1 is 1.31 bits per heavy atom. The minimum Gasteiger partial charge on any atom is -0.192 e. The van der Waals surface area contributed by atoms with Gasteiger partial charge in [0.25, 0.3) is 0 Å². The number of benzene rings is 1. The first kappa shape index (κ1) is 10.3. The van der Waals surface area contributed by atoms with Gasteiger partial charge >= 0.3 is 6.18 Å². The Morgan fingerprint density at radius 3 is 2.38 bits per heavy atom. The Kier molecular flexibility index (Phi) is 2.81. The van der Waals surface area contributed by atoms with Crippen molar-refractivity contribution < 1.29 is 13.2 Å². The lowest BCUT2D eigenvalue weighted by atomic mass is 10.1. The first-order chi connectivity index (χ1) is 5.95. The Hall–Kier alpha value is -0.770. The maximum atomic E-state index is 12.3. The molecule has 0 heterocycles. The van der Waals surface area contributed by atoms with Crippen LogP contribution in [0.4, 0.5) is 13.2 Å². The second-order valence-corrected chi connectivity index (χ2v) is 3.47. The van der Waals surface area contributed by atoms with Crippen molar-refractivity contribution in [2.75, 3.05) is 0 Å². The molecule has 68 valence electrons. The van der Waals surface area contributed by atoms with Crippen LogP contribution in [0.3, 0.4) is 0 Å². The second kappa shape index (κ2) is 3.54. The fourth-order valence-electron chi connectivity index (χ4n) is 0.812. The van der Waals surface area contributed by atoms with E-state index in [0.717, 1.165) is 6.07 Å². The molecule has 0 bridgehead atoms. The molecule has 1 aromatic carbocycles. The number of nitrogens with zero attached hydrogens (tertiary/aromatic N) is 1. The number of nitriles is 1. The van der Waals surface area contributed by atoms with E-state index in [9.17, 15) is 13.2 Å². The highest BCUT2D eigenvalue weighted by Gasteiger charge is 2.32. The lowest BCUT2D eigenvalue weighted by Crippen LogP contribution is -2.07. The number of halogens is 4. The third-order valence-corrected chi connectivity index (χ3v) is 2.34. The van der Waals surface area contributed by atoms with Gasteiger partial charge in [-0.1, -0.05) is 0 Å². The predicted octanol–water partition coefficient (Wildman–Crippen LogP) is 3.18. The molecule has 1 aromatic rings. The second-order valence-electron chi connectivity index (χ2n) is 2.30. The number of hydrogen-bond donors (Lipinski definition) is 0. The molecule has 1 rings (SSSR count). The van der Waals surface area contributed by atoms with E-state index in [4.69, 9.17) is 5.26 Å². The number of hydrogen-bond acceptors (Lipinski definition) is 1. The summed E-state index contributed by atoms with van der Waals surface area (Å²) >= 11 is 1.59. The molecule has 0 unspecified atom stereocenters. The normalized spacial score (nSPS) is 11.0.